The number of aromatic nitrogens is 2. The normalized spacial score (nSPS) is 15.1. The van der Waals surface area contributed by atoms with Gasteiger partial charge in [0.2, 0.25) is 10.0 Å². The van der Waals surface area contributed by atoms with Gasteiger partial charge in [-0.1, -0.05) is 23.7 Å². The molecule has 2 aromatic carbocycles. The number of aryl methyl sites for hydroxylation is 2. The number of nitrogens with zero attached hydrogens (tertiary/aromatic N) is 4. The number of ether oxygens (including phenoxy) is 1. The summed E-state index contributed by atoms with van der Waals surface area (Å²) in [5.41, 5.74) is 3.60. The van der Waals surface area contributed by atoms with Crippen LogP contribution < -0.4 is 9.64 Å². The number of halogens is 1. The van der Waals surface area contributed by atoms with Crippen LogP contribution in [0.5, 0.6) is 5.75 Å². The first-order valence-electron chi connectivity index (χ1n) is 10.3. The first-order chi connectivity index (χ1) is 15.3. The maximum absolute atomic E-state index is 13.3. The van der Waals surface area contributed by atoms with Gasteiger partial charge in [0.15, 0.2) is 5.82 Å². The molecular weight excluding hydrogens is 448 g/mol. The summed E-state index contributed by atoms with van der Waals surface area (Å²) in [4.78, 5) is 2.26. The van der Waals surface area contributed by atoms with Crippen LogP contribution in [-0.2, 0) is 10.0 Å². The molecule has 4 rings (SSSR count). The molecule has 168 valence electrons. The maximum Gasteiger partial charge on any atom is 0.246 e. The van der Waals surface area contributed by atoms with Gasteiger partial charge in [0.1, 0.15) is 10.6 Å². The average molecular weight is 473 g/mol. The average Bonchev–Trinajstić information content (AvgIpc) is 2.81. The molecule has 0 spiro atoms. The van der Waals surface area contributed by atoms with Crippen molar-refractivity contribution in [2.24, 2.45) is 0 Å². The Morgan fingerprint density at radius 2 is 1.56 bits per heavy atom. The Kier molecular flexibility index (Phi) is 6.37. The number of methoxy groups -OCH3 is 1. The molecule has 0 atom stereocenters. The predicted molar refractivity (Wildman–Crippen MR) is 126 cm³/mol. The lowest BCUT2D eigenvalue weighted by molar-refractivity contribution is 0.373. The van der Waals surface area contributed by atoms with E-state index in [9.17, 15) is 8.42 Å². The van der Waals surface area contributed by atoms with Gasteiger partial charge in [-0.2, -0.15) is 4.31 Å². The minimum absolute atomic E-state index is 0.212. The number of benzene rings is 2. The molecule has 0 saturated carbocycles. The second-order valence-corrected chi connectivity index (χ2v) is 10.1. The zero-order valence-corrected chi connectivity index (χ0v) is 19.8. The number of rotatable bonds is 5. The lowest BCUT2D eigenvalue weighted by Gasteiger charge is -2.34. The molecular formula is C23H25ClN4O3S. The fourth-order valence-electron chi connectivity index (χ4n) is 3.69. The van der Waals surface area contributed by atoms with Gasteiger partial charge in [0.25, 0.3) is 0 Å². The van der Waals surface area contributed by atoms with Crippen molar-refractivity contribution in [1.29, 1.82) is 0 Å². The van der Waals surface area contributed by atoms with Gasteiger partial charge >= 0.3 is 0 Å². The second kappa shape index (κ2) is 9.05. The number of sulfonamides is 1. The van der Waals surface area contributed by atoms with Crippen LogP contribution in [0, 0.1) is 13.8 Å². The van der Waals surface area contributed by atoms with E-state index in [1.807, 2.05) is 55.1 Å². The van der Waals surface area contributed by atoms with Gasteiger partial charge < -0.3 is 9.64 Å². The zero-order chi connectivity index (χ0) is 22.9. The molecule has 0 amide bonds. The van der Waals surface area contributed by atoms with E-state index in [1.54, 1.807) is 12.1 Å². The Morgan fingerprint density at radius 3 is 2.16 bits per heavy atom. The van der Waals surface area contributed by atoms with Crippen molar-refractivity contribution in [3.05, 3.63) is 64.7 Å². The second-order valence-electron chi connectivity index (χ2n) is 7.76. The van der Waals surface area contributed by atoms with E-state index in [2.05, 4.69) is 10.2 Å². The molecule has 0 radical (unpaired) electrons. The summed E-state index contributed by atoms with van der Waals surface area (Å²) in [5.74, 6) is 1.10. The number of hydrogen-bond acceptors (Lipinski definition) is 6. The number of hydrogen-bond donors (Lipinski definition) is 0. The molecule has 1 aliphatic heterocycles. The summed E-state index contributed by atoms with van der Waals surface area (Å²) in [7, 11) is -2.17. The molecule has 0 aliphatic carbocycles. The predicted octanol–water partition coefficient (Wildman–Crippen LogP) is 3.93. The van der Waals surface area contributed by atoms with E-state index >= 15 is 0 Å². The van der Waals surface area contributed by atoms with Crippen LogP contribution in [0.25, 0.3) is 11.3 Å². The van der Waals surface area contributed by atoms with Crippen molar-refractivity contribution < 1.29 is 13.2 Å². The third kappa shape index (κ3) is 4.44. The van der Waals surface area contributed by atoms with Crippen molar-refractivity contribution in [2.75, 3.05) is 38.2 Å². The smallest absolute Gasteiger partial charge is 0.246 e. The highest BCUT2D eigenvalue weighted by atomic mass is 35.5. The summed E-state index contributed by atoms with van der Waals surface area (Å²) in [6.07, 6.45) is 0. The van der Waals surface area contributed by atoms with Crippen LogP contribution in [0.4, 0.5) is 5.82 Å². The Labute approximate surface area is 193 Å². The fourth-order valence-corrected chi connectivity index (χ4v) is 5.46. The van der Waals surface area contributed by atoms with Crippen LogP contribution in [0.1, 0.15) is 11.1 Å². The number of anilines is 1. The lowest BCUT2D eigenvalue weighted by atomic mass is 10.1. The molecule has 7 nitrogen and oxygen atoms in total. The monoisotopic (exact) mass is 472 g/mol. The van der Waals surface area contributed by atoms with Crippen molar-refractivity contribution >= 4 is 27.4 Å². The van der Waals surface area contributed by atoms with Crippen LogP contribution in [0.15, 0.2) is 53.4 Å². The van der Waals surface area contributed by atoms with E-state index in [4.69, 9.17) is 16.3 Å². The molecule has 9 heteroatoms. The summed E-state index contributed by atoms with van der Waals surface area (Å²) < 4.78 is 33.4. The van der Waals surface area contributed by atoms with Gasteiger partial charge in [0.05, 0.1) is 12.8 Å². The summed E-state index contributed by atoms with van der Waals surface area (Å²) in [6, 6.07) is 14.7. The van der Waals surface area contributed by atoms with Gasteiger partial charge in [0, 0.05) is 36.8 Å². The Hall–Kier alpha value is -2.68. The topological polar surface area (TPSA) is 75.6 Å². The van der Waals surface area contributed by atoms with E-state index in [0.717, 1.165) is 28.2 Å². The fraction of sp³-hybridized carbons (Fsp3) is 0.304. The molecule has 1 aromatic heterocycles. The Bertz CT molecular complexity index is 1210. The molecule has 2 heterocycles. The summed E-state index contributed by atoms with van der Waals surface area (Å²) >= 11 is 5.94. The molecule has 0 unspecified atom stereocenters. The molecule has 1 saturated heterocycles. The maximum atomic E-state index is 13.3. The van der Waals surface area contributed by atoms with Crippen LogP contribution in [0.3, 0.4) is 0 Å². The molecule has 32 heavy (non-hydrogen) atoms. The van der Waals surface area contributed by atoms with Crippen molar-refractivity contribution in [3.63, 3.8) is 0 Å². The minimum atomic E-state index is -3.66. The van der Waals surface area contributed by atoms with Gasteiger partial charge in [-0.05, 0) is 61.4 Å². The van der Waals surface area contributed by atoms with Crippen molar-refractivity contribution in [2.45, 2.75) is 18.7 Å². The molecule has 0 bridgehead atoms. The molecule has 1 fully saturated rings. The van der Waals surface area contributed by atoms with E-state index in [-0.39, 0.29) is 4.90 Å². The highest BCUT2D eigenvalue weighted by Gasteiger charge is 2.31. The lowest BCUT2D eigenvalue weighted by Crippen LogP contribution is -2.49. The number of piperazine rings is 1. The molecule has 0 N–H and O–H groups in total. The van der Waals surface area contributed by atoms with Gasteiger partial charge in [-0.25, -0.2) is 8.42 Å². The standard InChI is InChI=1S/C23H25ClN4O3S/c1-16-14-21(31-3)22(15-17(16)2)32(29,30)28-12-10-27(11-13-28)23-9-8-20(25-26-23)18-4-6-19(24)7-5-18/h4-9,14-15H,10-13H2,1-3H3. The first kappa shape index (κ1) is 22.5. The van der Waals surface area contributed by atoms with Crippen LogP contribution in [-0.4, -0.2) is 56.2 Å². The van der Waals surface area contributed by atoms with Crippen LogP contribution >= 0.6 is 11.6 Å². The minimum Gasteiger partial charge on any atom is -0.495 e. The molecule has 3 aromatic rings. The van der Waals surface area contributed by atoms with Gasteiger partial charge in [-0.15, -0.1) is 10.2 Å². The Balaban J connectivity index is 1.47. The quantitative estimate of drug-likeness (QED) is 0.560. The third-order valence-electron chi connectivity index (χ3n) is 5.75. The zero-order valence-electron chi connectivity index (χ0n) is 18.2. The van der Waals surface area contributed by atoms with E-state index < -0.39 is 10.0 Å². The van der Waals surface area contributed by atoms with Gasteiger partial charge in [-0.3, -0.25) is 0 Å². The highest BCUT2D eigenvalue weighted by Crippen LogP contribution is 2.30. The SMILES string of the molecule is COc1cc(C)c(C)cc1S(=O)(=O)N1CCN(c2ccc(-c3ccc(Cl)cc3)nn2)CC1. The van der Waals surface area contributed by atoms with E-state index in [1.165, 1.54) is 11.4 Å². The Morgan fingerprint density at radius 1 is 0.906 bits per heavy atom. The van der Waals surface area contributed by atoms with Crippen molar-refractivity contribution in [1.82, 2.24) is 14.5 Å². The summed E-state index contributed by atoms with van der Waals surface area (Å²) in [5, 5.41) is 9.35. The summed E-state index contributed by atoms with van der Waals surface area (Å²) in [6.45, 7) is 5.62. The third-order valence-corrected chi connectivity index (χ3v) is 7.92. The van der Waals surface area contributed by atoms with Crippen molar-refractivity contribution in [3.8, 4) is 17.0 Å². The first-order valence-corrected chi connectivity index (χ1v) is 12.1. The highest BCUT2D eigenvalue weighted by molar-refractivity contribution is 7.89. The van der Waals surface area contributed by atoms with E-state index in [0.29, 0.717) is 37.0 Å². The largest absolute Gasteiger partial charge is 0.495 e. The van der Waals surface area contributed by atoms with Crippen LogP contribution in [0.2, 0.25) is 5.02 Å². The molecule has 1 aliphatic rings.